The van der Waals surface area contributed by atoms with Crippen LogP contribution < -0.4 is 5.11 Å². The summed E-state index contributed by atoms with van der Waals surface area (Å²) in [6.07, 6.45) is -4.51. The Morgan fingerprint density at radius 2 is 2.19 bits per heavy atom. The maximum atomic E-state index is 12.3. The highest BCUT2D eigenvalue weighted by Gasteiger charge is 2.34. The number of hydrogen-bond acceptors (Lipinski definition) is 3. The van der Waals surface area contributed by atoms with Crippen LogP contribution in [0.1, 0.15) is 18.3 Å². The van der Waals surface area contributed by atoms with Gasteiger partial charge in [-0.05, 0) is 13.0 Å². The number of carboxylic acids is 1. The Morgan fingerprint density at radius 1 is 1.62 bits per heavy atom. The van der Waals surface area contributed by atoms with E-state index in [1.54, 1.807) is 0 Å². The second-order valence-corrected chi connectivity index (χ2v) is 3.57. The first-order chi connectivity index (χ1) is 7.21. The largest absolute Gasteiger partial charge is 0.550 e. The maximum Gasteiger partial charge on any atom is 0.435 e. The van der Waals surface area contributed by atoms with Crippen molar-refractivity contribution in [3.05, 3.63) is 17.5 Å². The molecule has 1 aromatic rings. The molecule has 0 bridgehead atoms. The summed E-state index contributed by atoms with van der Waals surface area (Å²) < 4.78 is 37.8. The first-order valence-electron chi connectivity index (χ1n) is 4.54. The van der Waals surface area contributed by atoms with E-state index in [4.69, 9.17) is 0 Å². The molecule has 7 heteroatoms. The average Bonchev–Trinajstić information content (AvgIpc) is 2.47. The van der Waals surface area contributed by atoms with Crippen LogP contribution in [-0.4, -0.2) is 15.7 Å². The first kappa shape index (κ1) is 12.5. The number of aromatic nitrogens is 2. The topological polar surface area (TPSA) is 58.0 Å². The highest BCUT2D eigenvalue weighted by molar-refractivity contribution is 5.66. The zero-order valence-corrected chi connectivity index (χ0v) is 8.71. The normalized spacial score (nSPS) is 13.8. The monoisotopic (exact) mass is 235 g/mol. The van der Waals surface area contributed by atoms with Crippen molar-refractivity contribution in [1.82, 2.24) is 9.78 Å². The highest BCUT2D eigenvalue weighted by Crippen LogP contribution is 2.28. The number of aryl methyl sites for hydroxylation is 1. The fourth-order valence-electron chi connectivity index (χ4n) is 1.17. The number of carbonyl (C=O) groups is 1. The number of alkyl halides is 3. The molecule has 0 aliphatic heterocycles. The lowest BCUT2D eigenvalue weighted by Gasteiger charge is -2.13. The molecule has 1 atom stereocenters. The minimum atomic E-state index is -4.51. The minimum Gasteiger partial charge on any atom is -0.550 e. The van der Waals surface area contributed by atoms with Gasteiger partial charge in [0.05, 0.1) is 0 Å². The molecule has 16 heavy (non-hydrogen) atoms. The van der Waals surface area contributed by atoms with E-state index in [1.165, 1.54) is 13.8 Å². The molecule has 0 N–H and O–H groups in total. The van der Waals surface area contributed by atoms with Crippen LogP contribution in [0.25, 0.3) is 0 Å². The Bertz CT molecular complexity index is 398. The lowest BCUT2D eigenvalue weighted by molar-refractivity contribution is -0.311. The number of carbonyl (C=O) groups excluding carboxylic acids is 1. The third-order valence-electron chi connectivity index (χ3n) is 2.12. The lowest BCUT2D eigenvalue weighted by Crippen LogP contribution is -2.32. The van der Waals surface area contributed by atoms with Crippen LogP contribution >= 0.6 is 0 Å². The van der Waals surface area contributed by atoms with Crippen LogP contribution in [0.5, 0.6) is 0 Å². The molecule has 0 spiro atoms. The fourth-order valence-corrected chi connectivity index (χ4v) is 1.17. The summed E-state index contributed by atoms with van der Waals surface area (Å²) in [6.45, 7) is 2.65. The summed E-state index contributed by atoms with van der Waals surface area (Å²) in [4.78, 5) is 10.4. The van der Waals surface area contributed by atoms with Gasteiger partial charge in [-0.1, -0.05) is 6.92 Å². The molecular weight excluding hydrogens is 225 g/mol. The van der Waals surface area contributed by atoms with Gasteiger partial charge in [0.1, 0.15) is 0 Å². The second-order valence-electron chi connectivity index (χ2n) is 3.57. The van der Waals surface area contributed by atoms with E-state index in [0.717, 1.165) is 10.7 Å². The number of rotatable bonds is 3. The van der Waals surface area contributed by atoms with Gasteiger partial charge in [0, 0.05) is 24.1 Å². The van der Waals surface area contributed by atoms with Crippen molar-refractivity contribution >= 4 is 5.97 Å². The summed E-state index contributed by atoms with van der Waals surface area (Å²) in [5, 5.41) is 13.7. The Labute approximate surface area is 89.7 Å². The molecule has 4 nitrogen and oxygen atoms in total. The molecule has 1 rings (SSSR count). The SMILES string of the molecule is Cc1cc(C(F)(F)F)nn1C[C@H](C)C(=O)[O-]. The minimum absolute atomic E-state index is 0.135. The van der Waals surface area contributed by atoms with Crippen molar-refractivity contribution in [2.24, 2.45) is 5.92 Å². The van der Waals surface area contributed by atoms with E-state index >= 15 is 0 Å². The number of halogens is 3. The lowest BCUT2D eigenvalue weighted by atomic mass is 10.2. The second kappa shape index (κ2) is 4.15. The van der Waals surface area contributed by atoms with Gasteiger partial charge in [0.25, 0.3) is 0 Å². The van der Waals surface area contributed by atoms with Crippen molar-refractivity contribution in [3.8, 4) is 0 Å². The zero-order chi connectivity index (χ0) is 12.5. The van der Waals surface area contributed by atoms with Crippen molar-refractivity contribution in [3.63, 3.8) is 0 Å². The van der Waals surface area contributed by atoms with E-state index in [9.17, 15) is 23.1 Å². The summed E-state index contributed by atoms with van der Waals surface area (Å²) in [7, 11) is 0. The van der Waals surface area contributed by atoms with E-state index in [2.05, 4.69) is 5.10 Å². The van der Waals surface area contributed by atoms with Gasteiger partial charge < -0.3 is 9.90 Å². The quantitative estimate of drug-likeness (QED) is 0.770. The van der Waals surface area contributed by atoms with Gasteiger partial charge >= 0.3 is 6.18 Å². The molecule has 0 saturated heterocycles. The molecule has 1 heterocycles. The van der Waals surface area contributed by atoms with Gasteiger partial charge in [-0.15, -0.1) is 0 Å². The molecule has 0 unspecified atom stereocenters. The smallest absolute Gasteiger partial charge is 0.435 e. The zero-order valence-electron chi connectivity index (χ0n) is 8.71. The number of aliphatic carboxylic acids is 1. The van der Waals surface area contributed by atoms with Gasteiger partial charge in [-0.3, -0.25) is 4.68 Å². The van der Waals surface area contributed by atoms with E-state index in [0.29, 0.717) is 0 Å². The molecule has 1 aromatic heterocycles. The third-order valence-corrected chi connectivity index (χ3v) is 2.12. The summed E-state index contributed by atoms with van der Waals surface area (Å²) in [6, 6.07) is 0.877. The predicted molar refractivity (Wildman–Crippen MR) is 46.1 cm³/mol. The molecule has 0 aliphatic rings. The highest BCUT2D eigenvalue weighted by atomic mass is 19.4. The standard InChI is InChI=1S/C9H11F3N2O2/c1-5(8(15)16)4-14-6(2)3-7(13-14)9(10,11)12/h3,5H,4H2,1-2H3,(H,15,16)/p-1/t5-/m0/s1. The van der Waals surface area contributed by atoms with Crippen LogP contribution in [0.4, 0.5) is 13.2 Å². The summed E-state index contributed by atoms with van der Waals surface area (Å²) in [5.74, 6) is -2.21. The molecule has 90 valence electrons. The van der Waals surface area contributed by atoms with Crippen molar-refractivity contribution in [1.29, 1.82) is 0 Å². The fraction of sp³-hybridized carbons (Fsp3) is 0.556. The van der Waals surface area contributed by atoms with Crippen molar-refractivity contribution in [2.75, 3.05) is 0 Å². The van der Waals surface area contributed by atoms with Crippen LogP contribution in [-0.2, 0) is 17.5 Å². The third kappa shape index (κ3) is 2.74. The van der Waals surface area contributed by atoms with Gasteiger partial charge in [0.2, 0.25) is 0 Å². The van der Waals surface area contributed by atoms with Crippen molar-refractivity contribution in [2.45, 2.75) is 26.6 Å². The number of nitrogens with zero attached hydrogens (tertiary/aromatic N) is 2. The summed E-state index contributed by atoms with van der Waals surface area (Å²) >= 11 is 0. The van der Waals surface area contributed by atoms with Crippen LogP contribution in [0.2, 0.25) is 0 Å². The molecule has 0 radical (unpaired) electrons. The van der Waals surface area contributed by atoms with Gasteiger partial charge in [-0.2, -0.15) is 18.3 Å². The van der Waals surface area contributed by atoms with Gasteiger partial charge in [-0.25, -0.2) is 0 Å². The Balaban J connectivity index is 2.91. The molecule has 0 amide bonds. The maximum absolute atomic E-state index is 12.3. The Hall–Kier alpha value is -1.53. The van der Waals surface area contributed by atoms with E-state index < -0.39 is 23.8 Å². The van der Waals surface area contributed by atoms with E-state index in [-0.39, 0.29) is 12.2 Å². The number of carboxylic acid groups (broad SMARTS) is 1. The van der Waals surface area contributed by atoms with E-state index in [1.807, 2.05) is 0 Å². The molecule has 0 aliphatic carbocycles. The summed E-state index contributed by atoms with van der Waals surface area (Å²) in [5.41, 5.74) is -0.754. The van der Waals surface area contributed by atoms with Crippen LogP contribution in [0, 0.1) is 12.8 Å². The van der Waals surface area contributed by atoms with Crippen LogP contribution in [0.15, 0.2) is 6.07 Å². The predicted octanol–water partition coefficient (Wildman–Crippen LogP) is 0.596. The van der Waals surface area contributed by atoms with Crippen LogP contribution in [0.3, 0.4) is 0 Å². The molecule has 0 fully saturated rings. The van der Waals surface area contributed by atoms with Crippen molar-refractivity contribution < 1.29 is 23.1 Å². The molecule has 0 saturated carbocycles. The van der Waals surface area contributed by atoms with Gasteiger partial charge in [0.15, 0.2) is 5.69 Å². The Kier molecular flexibility index (Phi) is 3.25. The molecular formula is C9H10F3N2O2-. The number of hydrogen-bond donors (Lipinski definition) is 0. The Morgan fingerprint density at radius 3 is 2.56 bits per heavy atom. The average molecular weight is 235 g/mol. The molecule has 0 aromatic carbocycles. The first-order valence-corrected chi connectivity index (χ1v) is 4.54.